The van der Waals surface area contributed by atoms with Crippen LogP contribution in [-0.4, -0.2) is 29.4 Å². The summed E-state index contributed by atoms with van der Waals surface area (Å²) in [6, 6.07) is 0.215. The van der Waals surface area contributed by atoms with Gasteiger partial charge in [0.25, 0.3) is 5.56 Å². The molecule has 1 aromatic heterocycles. The lowest BCUT2D eigenvalue weighted by atomic mass is 10.0. The Hall–Kier alpha value is -0.880. The zero-order chi connectivity index (χ0) is 15.4. The van der Waals surface area contributed by atoms with Crippen molar-refractivity contribution in [2.24, 2.45) is 11.7 Å². The molecule has 5 nitrogen and oxygen atoms in total. The molecule has 0 bridgehead atoms. The van der Waals surface area contributed by atoms with Crippen molar-refractivity contribution in [2.45, 2.75) is 46.2 Å². The smallest absolute Gasteiger partial charge is 0.283 e. The Morgan fingerprint density at radius 3 is 2.50 bits per heavy atom. The van der Waals surface area contributed by atoms with Crippen molar-refractivity contribution in [3.63, 3.8) is 0 Å². The summed E-state index contributed by atoms with van der Waals surface area (Å²) in [5.74, 6) is 0.457. The molecule has 1 atom stereocenters. The first-order chi connectivity index (χ1) is 9.25. The Kier molecular flexibility index (Phi) is 6.20. The van der Waals surface area contributed by atoms with Crippen LogP contribution in [0.4, 0.5) is 5.69 Å². The van der Waals surface area contributed by atoms with E-state index in [-0.39, 0.29) is 17.6 Å². The summed E-state index contributed by atoms with van der Waals surface area (Å²) < 4.78 is 2.03. The topological polar surface area (TPSA) is 64.2 Å². The molecule has 0 aliphatic carbocycles. The van der Waals surface area contributed by atoms with Gasteiger partial charge in [-0.15, -0.1) is 0 Å². The van der Waals surface area contributed by atoms with Crippen molar-refractivity contribution < 1.29 is 0 Å². The molecule has 0 aliphatic rings. The van der Waals surface area contributed by atoms with Gasteiger partial charge in [-0.25, -0.2) is 4.68 Å². The van der Waals surface area contributed by atoms with Crippen LogP contribution in [0.2, 0.25) is 0 Å². The maximum Gasteiger partial charge on any atom is 0.283 e. The molecule has 1 heterocycles. The van der Waals surface area contributed by atoms with Gasteiger partial charge in [0.05, 0.1) is 17.9 Å². The third-order valence-electron chi connectivity index (χ3n) is 3.48. The molecule has 6 heteroatoms. The highest BCUT2D eigenvalue weighted by atomic mass is 79.9. The molecular weight excluding hydrogens is 320 g/mol. The van der Waals surface area contributed by atoms with E-state index < -0.39 is 0 Å². The summed E-state index contributed by atoms with van der Waals surface area (Å²) in [6.07, 6.45) is 2.61. The van der Waals surface area contributed by atoms with Crippen LogP contribution in [0, 0.1) is 5.92 Å². The zero-order valence-corrected chi connectivity index (χ0v) is 14.5. The van der Waals surface area contributed by atoms with Gasteiger partial charge in [0.1, 0.15) is 4.47 Å². The van der Waals surface area contributed by atoms with Crippen molar-refractivity contribution >= 4 is 21.6 Å². The van der Waals surface area contributed by atoms with Gasteiger partial charge >= 0.3 is 0 Å². The Morgan fingerprint density at radius 1 is 1.40 bits per heavy atom. The van der Waals surface area contributed by atoms with Crippen molar-refractivity contribution in [3.8, 4) is 0 Å². The van der Waals surface area contributed by atoms with E-state index in [9.17, 15) is 4.79 Å². The van der Waals surface area contributed by atoms with Gasteiger partial charge in [0.2, 0.25) is 0 Å². The second kappa shape index (κ2) is 7.22. The average molecular weight is 345 g/mol. The van der Waals surface area contributed by atoms with Gasteiger partial charge in [-0.1, -0.05) is 13.8 Å². The molecule has 0 aromatic carbocycles. The van der Waals surface area contributed by atoms with Gasteiger partial charge in [0.15, 0.2) is 0 Å². The van der Waals surface area contributed by atoms with Gasteiger partial charge in [-0.3, -0.25) is 4.79 Å². The number of halogens is 1. The van der Waals surface area contributed by atoms with Crippen LogP contribution < -0.4 is 16.2 Å². The molecule has 0 spiro atoms. The third-order valence-corrected chi connectivity index (χ3v) is 4.23. The van der Waals surface area contributed by atoms with Crippen LogP contribution in [0.15, 0.2) is 15.5 Å². The fourth-order valence-electron chi connectivity index (χ4n) is 1.87. The first-order valence-corrected chi connectivity index (χ1v) is 7.79. The van der Waals surface area contributed by atoms with Gasteiger partial charge in [0, 0.05) is 19.6 Å². The molecule has 0 radical (unpaired) electrons. The fourth-order valence-corrected chi connectivity index (χ4v) is 2.45. The van der Waals surface area contributed by atoms with E-state index in [1.165, 1.54) is 4.68 Å². The normalized spacial score (nSPS) is 13.1. The lowest BCUT2D eigenvalue weighted by Crippen LogP contribution is -2.33. The van der Waals surface area contributed by atoms with E-state index in [0.29, 0.717) is 10.4 Å². The summed E-state index contributed by atoms with van der Waals surface area (Å²) in [7, 11) is 1.95. The van der Waals surface area contributed by atoms with E-state index in [1.807, 2.05) is 25.8 Å². The van der Waals surface area contributed by atoms with Crippen molar-refractivity contribution in [2.75, 3.05) is 18.5 Å². The molecule has 2 N–H and O–H groups in total. The fraction of sp³-hybridized carbons (Fsp3) is 0.714. The quantitative estimate of drug-likeness (QED) is 0.860. The van der Waals surface area contributed by atoms with Crippen molar-refractivity contribution in [3.05, 3.63) is 21.0 Å². The molecule has 0 saturated heterocycles. The second-order valence-corrected chi connectivity index (χ2v) is 6.60. The molecule has 0 amide bonds. The minimum absolute atomic E-state index is 0.0486. The number of hydrogen-bond acceptors (Lipinski definition) is 4. The van der Waals surface area contributed by atoms with Crippen LogP contribution in [0.25, 0.3) is 0 Å². The average Bonchev–Trinajstić information content (AvgIpc) is 2.37. The molecule has 0 fully saturated rings. The summed E-state index contributed by atoms with van der Waals surface area (Å²) in [5.41, 5.74) is 6.76. The standard InChI is InChI=1S/C14H25BrN4O/c1-9(2)11(16)6-7-18(5)12-8-17-19(10(3)4)14(20)13(12)15/h8-11H,6-7,16H2,1-5H3. The maximum absolute atomic E-state index is 12.2. The highest BCUT2D eigenvalue weighted by molar-refractivity contribution is 9.10. The zero-order valence-electron chi connectivity index (χ0n) is 12.9. The SMILES string of the molecule is CC(C)C(N)CCN(C)c1cnn(C(C)C)c(=O)c1Br. The predicted molar refractivity (Wildman–Crippen MR) is 87.3 cm³/mol. The summed E-state index contributed by atoms with van der Waals surface area (Å²) in [5, 5.41) is 4.22. The van der Waals surface area contributed by atoms with Crippen molar-refractivity contribution in [1.82, 2.24) is 9.78 Å². The Balaban J connectivity index is 2.87. The van der Waals surface area contributed by atoms with E-state index in [2.05, 4.69) is 34.9 Å². The number of hydrogen-bond donors (Lipinski definition) is 1. The molecule has 114 valence electrons. The molecule has 0 saturated carbocycles. The Bertz CT molecular complexity index is 498. The summed E-state index contributed by atoms with van der Waals surface area (Å²) >= 11 is 3.39. The minimum Gasteiger partial charge on any atom is -0.372 e. The van der Waals surface area contributed by atoms with Gasteiger partial charge < -0.3 is 10.6 Å². The van der Waals surface area contributed by atoms with Crippen LogP contribution in [0.5, 0.6) is 0 Å². The number of nitrogens with two attached hydrogens (primary N) is 1. The number of aromatic nitrogens is 2. The maximum atomic E-state index is 12.2. The highest BCUT2D eigenvalue weighted by Gasteiger charge is 2.15. The molecular formula is C14H25BrN4O. The molecule has 1 aromatic rings. The van der Waals surface area contributed by atoms with Crippen LogP contribution in [0.3, 0.4) is 0 Å². The van der Waals surface area contributed by atoms with Crippen LogP contribution in [0.1, 0.15) is 40.2 Å². The van der Waals surface area contributed by atoms with E-state index in [4.69, 9.17) is 5.73 Å². The molecule has 0 aliphatic heterocycles. The second-order valence-electron chi connectivity index (χ2n) is 5.81. The third kappa shape index (κ3) is 4.06. The van der Waals surface area contributed by atoms with Crippen LogP contribution in [-0.2, 0) is 0 Å². The summed E-state index contributed by atoms with van der Waals surface area (Å²) in [6.45, 7) is 8.90. The molecule has 1 unspecified atom stereocenters. The Morgan fingerprint density at radius 2 is 2.00 bits per heavy atom. The Labute approximate surface area is 129 Å². The van der Waals surface area contributed by atoms with Crippen molar-refractivity contribution in [1.29, 1.82) is 0 Å². The number of anilines is 1. The van der Waals surface area contributed by atoms with E-state index in [0.717, 1.165) is 18.7 Å². The number of nitrogens with zero attached hydrogens (tertiary/aromatic N) is 3. The molecule has 20 heavy (non-hydrogen) atoms. The summed E-state index contributed by atoms with van der Waals surface area (Å²) in [4.78, 5) is 14.2. The lowest BCUT2D eigenvalue weighted by molar-refractivity contribution is 0.465. The van der Waals surface area contributed by atoms with Gasteiger partial charge in [-0.05, 0) is 42.1 Å². The first-order valence-electron chi connectivity index (χ1n) is 6.99. The molecule has 1 rings (SSSR count). The first kappa shape index (κ1) is 17.2. The van der Waals surface area contributed by atoms with Crippen LogP contribution >= 0.6 is 15.9 Å². The number of rotatable bonds is 6. The monoisotopic (exact) mass is 344 g/mol. The minimum atomic E-state index is -0.0995. The highest BCUT2D eigenvalue weighted by Crippen LogP contribution is 2.21. The van der Waals surface area contributed by atoms with E-state index >= 15 is 0 Å². The largest absolute Gasteiger partial charge is 0.372 e. The lowest BCUT2D eigenvalue weighted by Gasteiger charge is -2.24. The predicted octanol–water partition coefficient (Wildman–Crippen LogP) is 2.40. The van der Waals surface area contributed by atoms with Gasteiger partial charge in [-0.2, -0.15) is 5.10 Å². The van der Waals surface area contributed by atoms with E-state index in [1.54, 1.807) is 6.20 Å².